The van der Waals surface area contributed by atoms with Gasteiger partial charge in [-0.3, -0.25) is 0 Å². The van der Waals surface area contributed by atoms with Gasteiger partial charge in [0.1, 0.15) is 13.1 Å². The minimum atomic E-state index is -4.31. The van der Waals surface area contributed by atoms with Crippen molar-refractivity contribution in [2.45, 2.75) is 25.2 Å². The first-order valence-electron chi connectivity index (χ1n) is 8.83. The zero-order chi connectivity index (χ0) is 20.1. The van der Waals surface area contributed by atoms with Crippen LogP contribution < -0.4 is 14.8 Å². The Bertz CT molecular complexity index is 836. The van der Waals surface area contributed by atoms with Gasteiger partial charge in [0.25, 0.3) is 0 Å². The predicted molar refractivity (Wildman–Crippen MR) is 97.5 cm³/mol. The maximum absolute atomic E-state index is 12.6. The van der Waals surface area contributed by atoms with Crippen LogP contribution in [-0.4, -0.2) is 32.6 Å². The molecule has 1 heterocycles. The Balaban J connectivity index is 1.49. The van der Waals surface area contributed by atoms with E-state index in [1.165, 1.54) is 12.1 Å². The molecule has 0 fully saturated rings. The Morgan fingerprint density at radius 2 is 1.79 bits per heavy atom. The standard InChI is InChI=1S/C20H21F3N2O3/c1-26-18-8-5-14(9-19(18)27-2)17-10-16(28-25-17)12-24-11-13-3-6-15(7-4-13)20(21,22)23/h3-9,16,24H,10-12H2,1-2H3/p+1/t16-/m1/s1. The maximum atomic E-state index is 12.6. The lowest BCUT2D eigenvalue weighted by Gasteiger charge is -2.10. The zero-order valence-corrected chi connectivity index (χ0v) is 15.6. The summed E-state index contributed by atoms with van der Waals surface area (Å²) in [5.41, 5.74) is 1.92. The normalized spacial score (nSPS) is 16.5. The quantitative estimate of drug-likeness (QED) is 0.784. The topological polar surface area (TPSA) is 56.7 Å². The molecule has 0 aliphatic carbocycles. The highest BCUT2D eigenvalue weighted by Crippen LogP contribution is 2.30. The Kier molecular flexibility index (Phi) is 6.08. The average molecular weight is 395 g/mol. The molecule has 8 heteroatoms. The van der Waals surface area contributed by atoms with Gasteiger partial charge in [-0.2, -0.15) is 13.2 Å². The number of methoxy groups -OCH3 is 2. The molecule has 0 saturated carbocycles. The van der Waals surface area contributed by atoms with Gasteiger partial charge in [-0.15, -0.1) is 0 Å². The molecule has 0 radical (unpaired) electrons. The van der Waals surface area contributed by atoms with Crippen molar-refractivity contribution < 1.29 is 32.8 Å². The first kappa shape index (κ1) is 20.0. The van der Waals surface area contributed by atoms with Crippen LogP contribution >= 0.6 is 0 Å². The molecule has 1 atom stereocenters. The van der Waals surface area contributed by atoms with Crippen LogP contribution in [0.2, 0.25) is 0 Å². The van der Waals surface area contributed by atoms with E-state index < -0.39 is 11.7 Å². The summed E-state index contributed by atoms with van der Waals surface area (Å²) >= 11 is 0. The van der Waals surface area contributed by atoms with Gasteiger partial charge in [0, 0.05) is 17.5 Å². The molecule has 0 amide bonds. The number of ether oxygens (including phenoxy) is 2. The fourth-order valence-electron chi connectivity index (χ4n) is 3.01. The van der Waals surface area contributed by atoms with Gasteiger partial charge < -0.3 is 19.6 Å². The van der Waals surface area contributed by atoms with Crippen molar-refractivity contribution in [3.8, 4) is 11.5 Å². The van der Waals surface area contributed by atoms with Crippen molar-refractivity contribution in [3.05, 3.63) is 59.2 Å². The SMILES string of the molecule is COc1ccc(C2=NO[C@@H](C[NH2+]Cc3ccc(C(F)(F)F)cc3)C2)cc1OC. The molecule has 2 aromatic rings. The highest BCUT2D eigenvalue weighted by molar-refractivity contribution is 6.01. The number of benzene rings is 2. The number of hydrogen-bond donors (Lipinski definition) is 1. The summed E-state index contributed by atoms with van der Waals surface area (Å²) in [5.74, 6) is 1.27. The molecule has 150 valence electrons. The largest absolute Gasteiger partial charge is 0.493 e. The van der Waals surface area contributed by atoms with Crippen LogP contribution in [0.5, 0.6) is 11.5 Å². The zero-order valence-electron chi connectivity index (χ0n) is 15.6. The maximum Gasteiger partial charge on any atom is 0.416 e. The summed E-state index contributed by atoms with van der Waals surface area (Å²) in [7, 11) is 3.16. The molecule has 0 saturated heterocycles. The first-order valence-corrected chi connectivity index (χ1v) is 8.83. The Morgan fingerprint density at radius 3 is 2.43 bits per heavy atom. The first-order chi connectivity index (χ1) is 13.4. The van der Waals surface area contributed by atoms with Gasteiger partial charge in [0.2, 0.25) is 0 Å². The van der Waals surface area contributed by atoms with Crippen molar-refractivity contribution in [2.24, 2.45) is 5.16 Å². The number of nitrogens with zero attached hydrogens (tertiary/aromatic N) is 1. The smallest absolute Gasteiger partial charge is 0.416 e. The van der Waals surface area contributed by atoms with Gasteiger partial charge >= 0.3 is 6.18 Å². The lowest BCUT2D eigenvalue weighted by Crippen LogP contribution is -2.84. The summed E-state index contributed by atoms with van der Waals surface area (Å²) in [6, 6.07) is 10.8. The van der Waals surface area contributed by atoms with Gasteiger partial charge in [-0.05, 0) is 30.3 Å². The second-order valence-corrected chi connectivity index (χ2v) is 6.46. The number of alkyl halides is 3. The lowest BCUT2D eigenvalue weighted by molar-refractivity contribution is -0.676. The van der Waals surface area contributed by atoms with E-state index in [1.807, 2.05) is 23.5 Å². The van der Waals surface area contributed by atoms with Crippen molar-refractivity contribution in [2.75, 3.05) is 20.8 Å². The van der Waals surface area contributed by atoms with Crippen LogP contribution in [0.4, 0.5) is 13.2 Å². The molecule has 0 aromatic heterocycles. The highest BCUT2D eigenvalue weighted by Gasteiger charge is 2.30. The molecule has 2 aromatic carbocycles. The van der Waals surface area contributed by atoms with E-state index in [1.54, 1.807) is 14.2 Å². The van der Waals surface area contributed by atoms with E-state index in [2.05, 4.69) is 5.16 Å². The van der Waals surface area contributed by atoms with Gasteiger partial charge in [0.05, 0.1) is 25.5 Å². The monoisotopic (exact) mass is 395 g/mol. The van der Waals surface area contributed by atoms with Crippen molar-refractivity contribution in [3.63, 3.8) is 0 Å². The van der Waals surface area contributed by atoms with Crippen LogP contribution in [0.3, 0.4) is 0 Å². The average Bonchev–Trinajstić information content (AvgIpc) is 3.16. The van der Waals surface area contributed by atoms with E-state index in [4.69, 9.17) is 14.3 Å². The molecular weight excluding hydrogens is 373 g/mol. The second kappa shape index (κ2) is 8.52. The third-order valence-corrected chi connectivity index (χ3v) is 4.54. The number of oxime groups is 1. The molecule has 1 aliphatic rings. The van der Waals surface area contributed by atoms with Crippen LogP contribution in [0.25, 0.3) is 0 Å². The molecule has 0 bridgehead atoms. The van der Waals surface area contributed by atoms with E-state index in [-0.39, 0.29) is 6.10 Å². The summed E-state index contributed by atoms with van der Waals surface area (Å²) in [6.45, 7) is 1.23. The fraction of sp³-hybridized carbons (Fsp3) is 0.350. The molecule has 0 unspecified atom stereocenters. The second-order valence-electron chi connectivity index (χ2n) is 6.46. The lowest BCUT2D eigenvalue weighted by atomic mass is 10.0. The number of hydrogen-bond acceptors (Lipinski definition) is 4. The Labute approximate surface area is 161 Å². The van der Waals surface area contributed by atoms with Crippen molar-refractivity contribution in [1.82, 2.24) is 0 Å². The van der Waals surface area contributed by atoms with E-state index in [0.717, 1.165) is 29.0 Å². The molecule has 5 nitrogen and oxygen atoms in total. The molecule has 28 heavy (non-hydrogen) atoms. The van der Waals surface area contributed by atoms with Gasteiger partial charge in [-0.1, -0.05) is 17.3 Å². The minimum Gasteiger partial charge on any atom is -0.493 e. The predicted octanol–water partition coefficient (Wildman–Crippen LogP) is 2.98. The van der Waals surface area contributed by atoms with Crippen LogP contribution in [0.15, 0.2) is 47.6 Å². The summed E-state index contributed by atoms with van der Waals surface area (Å²) in [4.78, 5) is 5.49. The highest BCUT2D eigenvalue weighted by atomic mass is 19.4. The van der Waals surface area contributed by atoms with Gasteiger partial charge in [-0.25, -0.2) is 0 Å². The van der Waals surface area contributed by atoms with E-state index in [9.17, 15) is 13.2 Å². The molecule has 1 aliphatic heterocycles. The fourth-order valence-corrected chi connectivity index (χ4v) is 3.01. The molecule has 3 rings (SSSR count). The molecule has 0 spiro atoms. The number of halogens is 3. The third kappa shape index (κ3) is 4.75. The van der Waals surface area contributed by atoms with Crippen LogP contribution in [0.1, 0.15) is 23.1 Å². The third-order valence-electron chi connectivity index (χ3n) is 4.54. The van der Waals surface area contributed by atoms with Crippen LogP contribution in [-0.2, 0) is 17.6 Å². The van der Waals surface area contributed by atoms with Crippen LogP contribution in [0, 0.1) is 0 Å². The number of nitrogens with two attached hydrogens (primary N) is 1. The number of rotatable bonds is 7. The molecule has 2 N–H and O–H groups in total. The van der Waals surface area contributed by atoms with Crippen molar-refractivity contribution in [1.29, 1.82) is 0 Å². The van der Waals surface area contributed by atoms with E-state index >= 15 is 0 Å². The van der Waals surface area contributed by atoms with Crippen molar-refractivity contribution >= 4 is 5.71 Å². The minimum absolute atomic E-state index is 0.0856. The summed E-state index contributed by atoms with van der Waals surface area (Å²) in [5, 5.41) is 6.16. The summed E-state index contributed by atoms with van der Waals surface area (Å²) < 4.78 is 48.3. The number of quaternary nitrogens is 1. The Hall–Kier alpha value is -2.74. The van der Waals surface area contributed by atoms with E-state index in [0.29, 0.717) is 31.0 Å². The summed E-state index contributed by atoms with van der Waals surface area (Å²) in [6.07, 6.45) is -3.74. The molecular formula is C20H22F3N2O3+. The Morgan fingerprint density at radius 1 is 1.07 bits per heavy atom. The van der Waals surface area contributed by atoms with Gasteiger partial charge in [0.15, 0.2) is 17.6 Å².